The van der Waals surface area contributed by atoms with Gasteiger partial charge in [-0.15, -0.1) is 0 Å². The van der Waals surface area contributed by atoms with Crippen LogP contribution < -0.4 is 14.9 Å². The van der Waals surface area contributed by atoms with E-state index in [9.17, 15) is 66.1 Å². The van der Waals surface area contributed by atoms with E-state index >= 15 is 0 Å². The van der Waals surface area contributed by atoms with Crippen molar-refractivity contribution in [1.82, 2.24) is 0 Å². The average molecular weight is 757 g/mol. The predicted molar refractivity (Wildman–Crippen MR) is 172 cm³/mol. The number of ether oxygens (including phenoxy) is 6. The number of aliphatic hydroxyl groups is 9. The number of aliphatic hydroxyl groups excluding tert-OH is 9. The lowest BCUT2D eigenvalue weighted by atomic mass is 9.97. The lowest BCUT2D eigenvalue weighted by molar-refractivity contribution is -0.354. The van der Waals surface area contributed by atoms with E-state index in [1.807, 2.05) is 0 Å². The molecule has 12 N–H and O–H groups in total. The van der Waals surface area contributed by atoms with Crippen molar-refractivity contribution in [2.75, 3.05) is 6.61 Å². The van der Waals surface area contributed by atoms with Crippen molar-refractivity contribution in [3.63, 3.8) is 0 Å². The molecule has 3 saturated heterocycles. The summed E-state index contributed by atoms with van der Waals surface area (Å²) in [6, 6.07) is 5.29. The van der Waals surface area contributed by atoms with Gasteiger partial charge < -0.3 is 94.1 Å². The highest BCUT2D eigenvalue weighted by molar-refractivity contribution is 5.88. The Morgan fingerprint density at radius 2 is 1.26 bits per heavy atom. The fraction of sp³-hybridized carbons (Fsp3) is 0.545. The van der Waals surface area contributed by atoms with Crippen LogP contribution in [0.5, 0.6) is 28.7 Å². The zero-order valence-electron chi connectivity index (χ0n) is 27.9. The minimum Gasteiger partial charge on any atom is -0.507 e. The summed E-state index contributed by atoms with van der Waals surface area (Å²) in [4.78, 5) is 14.2. The number of rotatable bonds is 8. The Kier molecular flexibility index (Phi) is 11.1. The normalized spacial score (nSPS) is 37.8. The average Bonchev–Trinajstić information content (AvgIpc) is 3.12. The zero-order valence-corrected chi connectivity index (χ0v) is 27.9. The van der Waals surface area contributed by atoms with E-state index in [4.69, 9.17) is 32.8 Å². The molecule has 1 aromatic heterocycles. The third kappa shape index (κ3) is 7.22. The lowest BCUT2D eigenvalue weighted by Gasteiger charge is -2.45. The first-order chi connectivity index (χ1) is 25.0. The van der Waals surface area contributed by atoms with Gasteiger partial charge in [0.15, 0.2) is 29.7 Å². The summed E-state index contributed by atoms with van der Waals surface area (Å²) in [6.07, 6.45) is -24.6. The summed E-state index contributed by atoms with van der Waals surface area (Å²) in [7, 11) is 0. The van der Waals surface area contributed by atoms with Crippen LogP contribution in [0.3, 0.4) is 0 Å². The molecule has 15 atom stereocenters. The molecule has 0 aliphatic carbocycles. The lowest BCUT2D eigenvalue weighted by Crippen LogP contribution is -2.64. The topological polar surface area (TPSA) is 328 Å². The van der Waals surface area contributed by atoms with Crippen LogP contribution in [0.25, 0.3) is 22.3 Å². The first kappa shape index (κ1) is 38.8. The minimum absolute atomic E-state index is 0.110. The van der Waals surface area contributed by atoms with E-state index in [1.165, 1.54) is 19.9 Å². The molecule has 0 amide bonds. The number of hydrogen-bond donors (Lipinski definition) is 12. The monoisotopic (exact) mass is 756 g/mol. The molecule has 3 aliphatic heterocycles. The summed E-state index contributed by atoms with van der Waals surface area (Å²) < 4.78 is 39.9. The van der Waals surface area contributed by atoms with Crippen molar-refractivity contribution in [2.45, 2.75) is 106 Å². The number of hydrogen-bond acceptors (Lipinski definition) is 20. The van der Waals surface area contributed by atoms with E-state index in [2.05, 4.69) is 0 Å². The highest BCUT2D eigenvalue weighted by atomic mass is 16.8. The zero-order chi connectivity index (χ0) is 38.6. The van der Waals surface area contributed by atoms with Gasteiger partial charge in [0.2, 0.25) is 23.8 Å². The van der Waals surface area contributed by atoms with Crippen molar-refractivity contribution in [2.24, 2.45) is 0 Å². The Morgan fingerprint density at radius 3 is 1.89 bits per heavy atom. The van der Waals surface area contributed by atoms with Crippen molar-refractivity contribution < 1.29 is 94.1 Å². The largest absolute Gasteiger partial charge is 0.507 e. The highest BCUT2D eigenvalue weighted by Gasteiger charge is 2.51. The van der Waals surface area contributed by atoms with Crippen molar-refractivity contribution in [3.05, 3.63) is 40.6 Å². The molecule has 0 unspecified atom stereocenters. The summed E-state index contributed by atoms with van der Waals surface area (Å²) in [5, 5.41) is 124. The number of phenolic OH excluding ortho intramolecular Hbond substituents is 3. The number of phenols is 3. The number of fused-ring (bicyclic) bond motifs is 1. The molecule has 0 saturated carbocycles. The van der Waals surface area contributed by atoms with Gasteiger partial charge in [-0.05, 0) is 32.0 Å². The van der Waals surface area contributed by atoms with Gasteiger partial charge in [-0.3, -0.25) is 4.79 Å². The molecule has 2 aromatic carbocycles. The predicted octanol–water partition coefficient (Wildman–Crippen LogP) is -3.19. The Hall–Kier alpha value is -3.87. The quantitative estimate of drug-likeness (QED) is 0.101. The molecule has 6 rings (SSSR count). The van der Waals surface area contributed by atoms with Gasteiger partial charge in [-0.2, -0.15) is 0 Å². The Morgan fingerprint density at radius 1 is 0.642 bits per heavy atom. The van der Waals surface area contributed by atoms with Gasteiger partial charge >= 0.3 is 0 Å². The summed E-state index contributed by atoms with van der Waals surface area (Å²) in [6.45, 7) is 1.90. The fourth-order valence-electron chi connectivity index (χ4n) is 6.23. The molecular weight excluding hydrogens is 716 g/mol. The van der Waals surface area contributed by atoms with Crippen LogP contribution in [-0.2, 0) is 18.9 Å². The second-order valence-electron chi connectivity index (χ2n) is 13.0. The smallest absolute Gasteiger partial charge is 0.239 e. The van der Waals surface area contributed by atoms with Crippen LogP contribution in [0, 0.1) is 0 Å². The molecule has 20 nitrogen and oxygen atoms in total. The first-order valence-electron chi connectivity index (χ1n) is 16.4. The van der Waals surface area contributed by atoms with Gasteiger partial charge in [0, 0.05) is 17.7 Å². The van der Waals surface area contributed by atoms with E-state index in [0.29, 0.717) is 0 Å². The molecule has 0 spiro atoms. The van der Waals surface area contributed by atoms with Crippen molar-refractivity contribution in [1.29, 1.82) is 0 Å². The maximum absolute atomic E-state index is 14.2. The van der Waals surface area contributed by atoms with Gasteiger partial charge in [-0.25, -0.2) is 0 Å². The molecule has 20 heteroatoms. The molecule has 3 aliphatic rings. The van der Waals surface area contributed by atoms with Crippen molar-refractivity contribution in [3.8, 4) is 40.1 Å². The first-order valence-corrected chi connectivity index (χ1v) is 16.4. The van der Waals surface area contributed by atoms with Gasteiger partial charge in [0.25, 0.3) is 0 Å². The summed E-state index contributed by atoms with van der Waals surface area (Å²) in [5.74, 6) is -3.49. The maximum Gasteiger partial charge on any atom is 0.239 e. The second-order valence-corrected chi connectivity index (χ2v) is 13.0. The van der Waals surface area contributed by atoms with Crippen LogP contribution in [0.1, 0.15) is 13.8 Å². The van der Waals surface area contributed by atoms with Crippen LogP contribution in [0.2, 0.25) is 0 Å². The van der Waals surface area contributed by atoms with E-state index in [-0.39, 0.29) is 16.9 Å². The molecule has 53 heavy (non-hydrogen) atoms. The Labute approximate surface area is 298 Å². The Bertz CT molecular complexity index is 1830. The maximum atomic E-state index is 14.2. The third-order valence-corrected chi connectivity index (χ3v) is 9.36. The number of benzene rings is 2. The summed E-state index contributed by atoms with van der Waals surface area (Å²) in [5.41, 5.74) is -1.59. The minimum atomic E-state index is -1.97. The second kappa shape index (κ2) is 15.1. The van der Waals surface area contributed by atoms with Crippen LogP contribution >= 0.6 is 0 Å². The third-order valence-electron chi connectivity index (χ3n) is 9.36. The molecule has 292 valence electrons. The Balaban J connectivity index is 1.43. The van der Waals surface area contributed by atoms with Crippen LogP contribution in [-0.4, -0.2) is 160 Å². The molecule has 3 fully saturated rings. The van der Waals surface area contributed by atoms with Gasteiger partial charge in [0.05, 0.1) is 18.8 Å². The van der Waals surface area contributed by atoms with Crippen LogP contribution in [0.15, 0.2) is 39.5 Å². The van der Waals surface area contributed by atoms with Gasteiger partial charge in [-0.1, -0.05) is 0 Å². The molecule has 3 aromatic rings. The summed E-state index contributed by atoms with van der Waals surface area (Å²) >= 11 is 0. The van der Waals surface area contributed by atoms with E-state index in [1.54, 1.807) is 0 Å². The molecule has 0 bridgehead atoms. The van der Waals surface area contributed by atoms with E-state index in [0.717, 1.165) is 24.3 Å². The molecule has 0 radical (unpaired) electrons. The fourth-order valence-corrected chi connectivity index (χ4v) is 6.23. The molecule has 4 heterocycles. The van der Waals surface area contributed by atoms with Gasteiger partial charge in [0.1, 0.15) is 77.4 Å². The van der Waals surface area contributed by atoms with E-state index < -0.39 is 138 Å². The van der Waals surface area contributed by atoms with Crippen molar-refractivity contribution >= 4 is 11.0 Å². The SMILES string of the molecule is C[C@@H]1O[C@@H](O[C@H]2[C@H](Oc3c(-c4ccc(O)c(O)c4)oc4cc(O[C@@H]5O[C@H](C)[C@H](O)[C@H](O)[C@H]5O)cc(O)c4c3=O)O[C@@H](CO)[C@@H](O)[C@@H]2O)[C@@H](O)[C@H](O)[C@H]1O. The highest BCUT2D eigenvalue weighted by Crippen LogP contribution is 2.40. The molecular formula is C33H40O20. The van der Waals surface area contributed by atoms with Crippen LogP contribution in [0.4, 0.5) is 0 Å². The standard InChI is InChI=1S/C33H40O20/c1-9-19(38)23(42)26(45)31(47-9)49-12-6-15(37)18-16(7-12)50-28(11-3-4-13(35)14(36)5-11)29(22(18)41)52-33-30(25(44)21(40)17(8-34)51-33)53-32-27(46)24(43)20(39)10(2)48-32/h3-7,9-10,17,19-21,23-27,30-40,42-46H,8H2,1-2H3/t9-,10+,17+,19+,20+,21-,23+,24-,25+,26-,27+,30-,31+,32+,33+/m1/s1. The number of aromatic hydroxyl groups is 3.